The molecule has 4 aliphatic rings. The highest BCUT2D eigenvalue weighted by Crippen LogP contribution is 2.20. The van der Waals surface area contributed by atoms with Crippen LogP contribution in [0.5, 0.6) is 0 Å². The van der Waals surface area contributed by atoms with E-state index >= 15 is 0 Å². The summed E-state index contributed by atoms with van der Waals surface area (Å²) in [6.07, 6.45) is 0. The van der Waals surface area contributed by atoms with Gasteiger partial charge in [-0.05, 0) is 0 Å². The topological polar surface area (TPSA) is 93.4 Å². The standard InChI is InChI=1S/C6H12N4.H3NO3S/c1-7-2-9-4-8(1)5-10(3-7)6-9;1-5(2,3)4/h1-6H2;(H3,1,2,3,4). The summed E-state index contributed by atoms with van der Waals surface area (Å²) in [4.78, 5) is 9.88. The van der Waals surface area contributed by atoms with E-state index in [2.05, 4.69) is 24.7 Å². The van der Waals surface area contributed by atoms with E-state index in [0.29, 0.717) is 0 Å². The Hall–Kier alpha value is -0.290. The molecule has 0 aliphatic carbocycles. The van der Waals surface area contributed by atoms with Crippen LogP contribution in [0.2, 0.25) is 0 Å². The third-order valence-corrected chi connectivity index (χ3v) is 2.40. The van der Waals surface area contributed by atoms with Gasteiger partial charge in [0.05, 0.1) is 40.0 Å². The smallest absolute Gasteiger partial charge is 0.274 e. The quantitative estimate of drug-likeness (QED) is 0.459. The molecule has 4 heterocycles. The second-order valence-electron chi connectivity index (χ2n) is 4.05. The highest BCUT2D eigenvalue weighted by Gasteiger charge is 2.36. The van der Waals surface area contributed by atoms with Crippen molar-refractivity contribution in [3.8, 4) is 0 Å². The van der Waals surface area contributed by atoms with Crippen LogP contribution in [0.25, 0.3) is 0 Å². The van der Waals surface area contributed by atoms with Crippen molar-refractivity contribution in [2.75, 3.05) is 40.0 Å². The van der Waals surface area contributed by atoms with Gasteiger partial charge in [-0.15, -0.1) is 0 Å². The van der Waals surface area contributed by atoms with Crippen LogP contribution >= 0.6 is 0 Å². The van der Waals surface area contributed by atoms with E-state index in [4.69, 9.17) is 13.0 Å². The highest BCUT2D eigenvalue weighted by molar-refractivity contribution is 7.83. The number of rotatable bonds is 0. The predicted molar refractivity (Wildman–Crippen MR) is 52.3 cm³/mol. The maximum Gasteiger partial charge on any atom is 0.330 e. The molecular formula is C6H15N5O3S. The maximum absolute atomic E-state index is 8.97. The van der Waals surface area contributed by atoms with Crippen molar-refractivity contribution in [2.24, 2.45) is 5.14 Å². The van der Waals surface area contributed by atoms with Gasteiger partial charge in [-0.1, -0.05) is 0 Å². The lowest BCUT2D eigenvalue weighted by Crippen LogP contribution is -2.71. The number of nitrogens with two attached hydrogens (primary N) is 1. The summed E-state index contributed by atoms with van der Waals surface area (Å²) in [6.45, 7) is 7.12. The molecule has 0 atom stereocenters. The van der Waals surface area contributed by atoms with Crippen molar-refractivity contribution in [2.45, 2.75) is 0 Å². The Labute approximate surface area is 88.7 Å². The molecule has 15 heavy (non-hydrogen) atoms. The molecule has 88 valence electrons. The molecule has 4 saturated heterocycles. The van der Waals surface area contributed by atoms with Crippen LogP contribution in [-0.2, 0) is 10.3 Å². The van der Waals surface area contributed by atoms with Gasteiger partial charge in [0.15, 0.2) is 0 Å². The Kier molecular flexibility index (Phi) is 2.94. The Balaban J connectivity index is 0.000000149. The fraction of sp³-hybridized carbons (Fsp3) is 1.00. The van der Waals surface area contributed by atoms with Crippen LogP contribution in [0, 0.1) is 0 Å². The van der Waals surface area contributed by atoms with Crippen molar-refractivity contribution in [3.05, 3.63) is 0 Å². The molecular weight excluding hydrogens is 222 g/mol. The third-order valence-electron chi connectivity index (χ3n) is 2.40. The largest absolute Gasteiger partial charge is 0.330 e. The molecule has 9 heteroatoms. The summed E-state index contributed by atoms with van der Waals surface area (Å²) in [5.41, 5.74) is 0. The molecule has 0 radical (unpaired) electrons. The molecule has 0 aromatic carbocycles. The lowest BCUT2D eigenvalue weighted by Gasteiger charge is -2.56. The molecule has 0 aromatic heterocycles. The van der Waals surface area contributed by atoms with Crippen LogP contribution in [0.1, 0.15) is 0 Å². The van der Waals surface area contributed by atoms with Gasteiger partial charge in [0.25, 0.3) is 0 Å². The first kappa shape index (κ1) is 11.2. The second kappa shape index (κ2) is 3.94. The van der Waals surface area contributed by atoms with Gasteiger partial charge >= 0.3 is 10.3 Å². The van der Waals surface area contributed by atoms with Crippen LogP contribution < -0.4 is 5.14 Å². The maximum atomic E-state index is 8.97. The summed E-state index contributed by atoms with van der Waals surface area (Å²) in [6, 6.07) is 0. The zero-order valence-electron chi connectivity index (χ0n) is 8.28. The van der Waals surface area contributed by atoms with E-state index in [1.807, 2.05) is 0 Å². The first-order valence-corrected chi connectivity index (χ1v) is 6.05. The molecule has 0 amide bonds. The molecule has 4 aliphatic heterocycles. The minimum atomic E-state index is -4.17. The van der Waals surface area contributed by atoms with Crippen LogP contribution in [0.3, 0.4) is 0 Å². The summed E-state index contributed by atoms with van der Waals surface area (Å²) >= 11 is 0. The van der Waals surface area contributed by atoms with Crippen molar-refractivity contribution < 1.29 is 13.0 Å². The summed E-state index contributed by atoms with van der Waals surface area (Å²) in [7, 11) is -4.17. The lowest BCUT2D eigenvalue weighted by molar-refractivity contribution is -0.194. The van der Waals surface area contributed by atoms with Crippen molar-refractivity contribution in [3.63, 3.8) is 0 Å². The molecule has 4 bridgehead atoms. The minimum absolute atomic E-state index is 1.19. The van der Waals surface area contributed by atoms with E-state index < -0.39 is 10.3 Å². The van der Waals surface area contributed by atoms with Gasteiger partial charge in [-0.3, -0.25) is 24.2 Å². The molecule has 4 rings (SSSR count). The molecule has 8 nitrogen and oxygen atoms in total. The van der Waals surface area contributed by atoms with Crippen molar-refractivity contribution >= 4 is 10.3 Å². The van der Waals surface area contributed by atoms with Gasteiger partial charge in [0, 0.05) is 0 Å². The zero-order chi connectivity index (χ0) is 11.1. The van der Waals surface area contributed by atoms with Gasteiger partial charge < -0.3 is 0 Å². The second-order valence-corrected chi connectivity index (χ2v) is 5.08. The van der Waals surface area contributed by atoms with E-state index in [1.165, 1.54) is 40.0 Å². The number of nitrogens with zero attached hydrogens (tertiary/aromatic N) is 4. The van der Waals surface area contributed by atoms with Gasteiger partial charge in [-0.25, -0.2) is 5.14 Å². The average Bonchev–Trinajstić information content (AvgIpc) is 1.96. The van der Waals surface area contributed by atoms with Gasteiger partial charge in [0.1, 0.15) is 0 Å². The molecule has 0 unspecified atom stereocenters. The molecule has 3 N–H and O–H groups in total. The molecule has 4 fully saturated rings. The monoisotopic (exact) mass is 237 g/mol. The Morgan fingerprint density at radius 2 is 0.933 bits per heavy atom. The van der Waals surface area contributed by atoms with Crippen LogP contribution in [-0.4, -0.2) is 72.6 Å². The first-order valence-electron chi connectivity index (χ1n) is 4.55. The Morgan fingerprint density at radius 1 is 0.800 bits per heavy atom. The fourth-order valence-electron chi connectivity index (χ4n) is 2.23. The van der Waals surface area contributed by atoms with E-state index in [-0.39, 0.29) is 0 Å². The fourth-order valence-corrected chi connectivity index (χ4v) is 2.23. The average molecular weight is 237 g/mol. The van der Waals surface area contributed by atoms with Gasteiger partial charge in [-0.2, -0.15) is 8.42 Å². The summed E-state index contributed by atoms with van der Waals surface area (Å²) in [5.74, 6) is 0. The zero-order valence-corrected chi connectivity index (χ0v) is 9.10. The molecule has 0 aromatic rings. The van der Waals surface area contributed by atoms with E-state index in [0.717, 1.165) is 0 Å². The lowest BCUT2D eigenvalue weighted by atomic mass is 10.4. The number of hydrogen-bond acceptors (Lipinski definition) is 6. The van der Waals surface area contributed by atoms with Crippen molar-refractivity contribution in [1.82, 2.24) is 19.6 Å². The van der Waals surface area contributed by atoms with Crippen LogP contribution in [0.4, 0.5) is 0 Å². The summed E-state index contributed by atoms with van der Waals surface area (Å²) < 4.78 is 25.2. The van der Waals surface area contributed by atoms with Crippen molar-refractivity contribution in [1.29, 1.82) is 0 Å². The Morgan fingerprint density at radius 3 is 1.07 bits per heavy atom. The molecule has 0 spiro atoms. The third kappa shape index (κ3) is 3.34. The summed E-state index contributed by atoms with van der Waals surface area (Å²) in [5, 5.41) is 3.88. The Bertz CT molecular complexity index is 267. The number of hydrogen-bond donors (Lipinski definition) is 2. The van der Waals surface area contributed by atoms with E-state index in [1.54, 1.807) is 0 Å². The minimum Gasteiger partial charge on any atom is -0.274 e. The first-order chi connectivity index (χ1) is 6.90. The van der Waals surface area contributed by atoms with Gasteiger partial charge in [0.2, 0.25) is 0 Å². The normalized spacial score (nSPS) is 42.3. The van der Waals surface area contributed by atoms with Crippen LogP contribution in [0.15, 0.2) is 0 Å². The van der Waals surface area contributed by atoms with E-state index in [9.17, 15) is 0 Å². The SMILES string of the molecule is C1N2CN3CN1CN(C2)C3.NS(=O)(=O)O. The predicted octanol–water partition coefficient (Wildman–Crippen LogP) is -2.27. The highest BCUT2D eigenvalue weighted by atomic mass is 32.2. The molecule has 0 saturated carbocycles.